The van der Waals surface area contributed by atoms with E-state index in [-0.39, 0.29) is 11.7 Å². The molecule has 12 heteroatoms. The number of hydrogen-bond acceptors (Lipinski definition) is 9. The minimum absolute atomic E-state index is 0.206. The molecule has 0 radical (unpaired) electrons. The van der Waals surface area contributed by atoms with Gasteiger partial charge in [0, 0.05) is 12.1 Å². The second kappa shape index (κ2) is 6.88. The molecule has 1 aliphatic rings. The van der Waals surface area contributed by atoms with Crippen molar-refractivity contribution in [2.24, 2.45) is 5.92 Å². The summed E-state index contributed by atoms with van der Waals surface area (Å²) in [5.41, 5.74) is -2.01. The average Bonchev–Trinajstić information content (AvgIpc) is 2.98. The molecule has 1 fully saturated rings. The number of nitro benzene ring substituents is 2. The largest absolute Gasteiger partial charge is 0.354 e. The lowest BCUT2D eigenvalue weighted by molar-refractivity contribution is -0.394. The van der Waals surface area contributed by atoms with Crippen molar-refractivity contribution >= 4 is 27.5 Å². The van der Waals surface area contributed by atoms with Crippen LogP contribution in [-0.2, 0) is 14.3 Å². The van der Waals surface area contributed by atoms with Crippen molar-refractivity contribution in [2.75, 3.05) is 18.8 Å². The highest BCUT2D eigenvalue weighted by Gasteiger charge is 2.28. The van der Waals surface area contributed by atoms with E-state index in [1.165, 1.54) is 0 Å². The van der Waals surface area contributed by atoms with Crippen LogP contribution in [0.4, 0.5) is 11.4 Å². The molecular formula is C12H13N3O8S. The van der Waals surface area contributed by atoms with E-state index in [9.17, 15) is 33.4 Å². The summed E-state index contributed by atoms with van der Waals surface area (Å²) in [6.45, 7) is 1.13. The van der Waals surface area contributed by atoms with Crippen LogP contribution < -0.4 is 5.32 Å². The third-order valence-electron chi connectivity index (χ3n) is 3.36. The maximum absolute atomic E-state index is 11.9. The van der Waals surface area contributed by atoms with Crippen molar-refractivity contribution < 1.29 is 27.2 Å². The molecule has 130 valence electrons. The SMILES string of the molecule is O=C(OS(=O)(=O)C[C@@H]1CCNC1)c1cc([N+](=O)[O-])cc([N+](=O)[O-])c1. The number of non-ortho nitro benzene ring substituents is 2. The summed E-state index contributed by atoms with van der Waals surface area (Å²) in [5, 5.41) is 24.5. The zero-order valence-electron chi connectivity index (χ0n) is 12.2. The molecule has 0 spiro atoms. The third-order valence-corrected chi connectivity index (χ3v) is 4.65. The van der Waals surface area contributed by atoms with Crippen LogP contribution in [0.5, 0.6) is 0 Å². The van der Waals surface area contributed by atoms with Crippen LogP contribution in [-0.4, -0.2) is 43.1 Å². The smallest absolute Gasteiger partial charge is 0.341 e. The Morgan fingerprint density at radius 2 is 1.79 bits per heavy atom. The van der Waals surface area contributed by atoms with Crippen LogP contribution in [0.1, 0.15) is 16.8 Å². The minimum Gasteiger partial charge on any atom is -0.341 e. The lowest BCUT2D eigenvalue weighted by Crippen LogP contribution is -2.23. The highest BCUT2D eigenvalue weighted by molar-refractivity contribution is 7.87. The molecule has 0 amide bonds. The fourth-order valence-corrected chi connectivity index (χ4v) is 3.52. The van der Waals surface area contributed by atoms with Crippen LogP contribution in [0.25, 0.3) is 0 Å². The molecule has 1 heterocycles. The number of benzene rings is 1. The highest BCUT2D eigenvalue weighted by atomic mass is 32.2. The molecule has 11 nitrogen and oxygen atoms in total. The summed E-state index contributed by atoms with van der Waals surface area (Å²) in [6, 6.07) is 2.11. The third kappa shape index (κ3) is 4.45. The van der Waals surface area contributed by atoms with Crippen LogP contribution in [0.2, 0.25) is 0 Å². The molecule has 1 atom stereocenters. The molecule has 1 aromatic carbocycles. The van der Waals surface area contributed by atoms with Crippen molar-refractivity contribution in [1.82, 2.24) is 5.32 Å². The number of carbonyl (C=O) groups is 1. The molecule has 0 unspecified atom stereocenters. The molecule has 1 saturated heterocycles. The summed E-state index contributed by atoms with van der Waals surface area (Å²) in [5.74, 6) is -1.99. The van der Waals surface area contributed by atoms with Gasteiger partial charge in [0.1, 0.15) is 0 Å². The Labute approximate surface area is 136 Å². The highest BCUT2D eigenvalue weighted by Crippen LogP contribution is 2.24. The maximum Gasteiger partial charge on any atom is 0.354 e. The molecule has 0 bridgehead atoms. The van der Waals surface area contributed by atoms with E-state index in [4.69, 9.17) is 0 Å². The zero-order chi connectivity index (χ0) is 17.9. The molecule has 0 aliphatic carbocycles. The quantitative estimate of drug-likeness (QED) is 0.436. The maximum atomic E-state index is 11.9. The van der Waals surface area contributed by atoms with Gasteiger partial charge in [0.15, 0.2) is 0 Å². The average molecular weight is 359 g/mol. The Hall–Kier alpha value is -2.60. The summed E-state index contributed by atoms with van der Waals surface area (Å²) in [4.78, 5) is 31.6. The second-order valence-corrected chi connectivity index (χ2v) is 6.82. The molecule has 1 aromatic rings. The van der Waals surface area contributed by atoms with Crippen molar-refractivity contribution in [3.63, 3.8) is 0 Å². The first-order chi connectivity index (χ1) is 11.2. The Morgan fingerprint density at radius 3 is 2.25 bits per heavy atom. The lowest BCUT2D eigenvalue weighted by Gasteiger charge is -2.09. The van der Waals surface area contributed by atoms with Gasteiger partial charge in [-0.25, -0.2) is 4.79 Å². The number of nitro groups is 2. The van der Waals surface area contributed by atoms with E-state index < -0.39 is 42.9 Å². The molecule has 1 N–H and O–H groups in total. The summed E-state index contributed by atoms with van der Waals surface area (Å²) in [6.07, 6.45) is 0.610. The summed E-state index contributed by atoms with van der Waals surface area (Å²) in [7, 11) is -4.21. The number of carbonyl (C=O) groups excluding carboxylic acids is 1. The Bertz CT molecular complexity index is 753. The van der Waals surface area contributed by atoms with Crippen LogP contribution >= 0.6 is 0 Å². The minimum atomic E-state index is -4.21. The predicted molar refractivity (Wildman–Crippen MR) is 79.9 cm³/mol. The van der Waals surface area contributed by atoms with Crippen molar-refractivity contribution in [2.45, 2.75) is 6.42 Å². The normalized spacial score (nSPS) is 17.4. The van der Waals surface area contributed by atoms with Gasteiger partial charge >= 0.3 is 16.1 Å². The van der Waals surface area contributed by atoms with E-state index in [0.29, 0.717) is 25.6 Å². The number of rotatable bonds is 6. The summed E-state index contributed by atoms with van der Waals surface area (Å²) < 4.78 is 28.2. The van der Waals surface area contributed by atoms with Crippen LogP contribution in [0.3, 0.4) is 0 Å². The number of nitrogens with zero attached hydrogens (tertiary/aromatic N) is 2. The van der Waals surface area contributed by atoms with Gasteiger partial charge in [0.05, 0.1) is 27.2 Å². The molecule has 2 rings (SSSR count). The van der Waals surface area contributed by atoms with E-state index in [1.54, 1.807) is 0 Å². The van der Waals surface area contributed by atoms with Crippen molar-refractivity contribution in [1.29, 1.82) is 0 Å². The Kier molecular flexibility index (Phi) is 5.09. The summed E-state index contributed by atoms with van der Waals surface area (Å²) >= 11 is 0. The van der Waals surface area contributed by atoms with Gasteiger partial charge in [0.25, 0.3) is 11.4 Å². The Balaban J connectivity index is 2.22. The van der Waals surface area contributed by atoms with E-state index >= 15 is 0 Å². The van der Waals surface area contributed by atoms with Gasteiger partial charge in [-0.3, -0.25) is 20.2 Å². The first-order valence-electron chi connectivity index (χ1n) is 6.79. The van der Waals surface area contributed by atoms with Crippen LogP contribution in [0.15, 0.2) is 18.2 Å². The fourth-order valence-electron chi connectivity index (χ4n) is 2.27. The van der Waals surface area contributed by atoms with Gasteiger partial charge in [-0.15, -0.1) is 0 Å². The van der Waals surface area contributed by atoms with E-state index in [2.05, 4.69) is 9.50 Å². The standard InChI is InChI=1S/C12H13N3O8S/c16-12(23-24(21,22)7-8-1-2-13-6-8)9-3-10(14(17)18)5-11(4-9)15(19)20/h3-5,8,13H,1-2,6-7H2/t8-/m1/s1. The van der Waals surface area contributed by atoms with Crippen molar-refractivity contribution in [3.8, 4) is 0 Å². The first kappa shape index (κ1) is 17.7. The van der Waals surface area contributed by atoms with Gasteiger partial charge in [0.2, 0.25) is 0 Å². The lowest BCUT2D eigenvalue weighted by atomic mass is 10.2. The van der Waals surface area contributed by atoms with Crippen molar-refractivity contribution in [3.05, 3.63) is 44.0 Å². The monoisotopic (exact) mass is 359 g/mol. The molecular weight excluding hydrogens is 346 g/mol. The predicted octanol–water partition coefficient (Wildman–Crippen LogP) is 0.599. The van der Waals surface area contributed by atoms with Crippen LogP contribution in [0, 0.1) is 26.1 Å². The number of nitrogens with one attached hydrogen (secondary N) is 1. The Morgan fingerprint density at radius 1 is 1.21 bits per heavy atom. The molecule has 0 aromatic heterocycles. The van der Waals surface area contributed by atoms with E-state index in [0.717, 1.165) is 12.1 Å². The molecule has 0 saturated carbocycles. The second-order valence-electron chi connectivity index (χ2n) is 5.21. The van der Waals surface area contributed by atoms with Gasteiger partial charge < -0.3 is 9.50 Å². The van der Waals surface area contributed by atoms with Gasteiger partial charge in [-0.2, -0.15) is 8.42 Å². The number of hydrogen-bond donors (Lipinski definition) is 1. The zero-order valence-corrected chi connectivity index (χ0v) is 13.0. The van der Waals surface area contributed by atoms with Gasteiger partial charge in [-0.1, -0.05) is 0 Å². The fraction of sp³-hybridized carbons (Fsp3) is 0.417. The molecule has 1 aliphatic heterocycles. The topological polar surface area (TPSA) is 159 Å². The van der Waals surface area contributed by atoms with Gasteiger partial charge in [-0.05, 0) is 25.4 Å². The van der Waals surface area contributed by atoms with E-state index in [1.807, 2.05) is 0 Å². The first-order valence-corrected chi connectivity index (χ1v) is 8.37. The molecule has 24 heavy (non-hydrogen) atoms.